The number of rotatable bonds is 4. The molecule has 0 saturated carbocycles. The number of H-pyrrole nitrogens is 1. The average molecular weight is 456 g/mol. The number of pyridine rings is 1. The Morgan fingerprint density at radius 1 is 0.941 bits per heavy atom. The molecule has 1 aliphatic rings. The SMILES string of the molecule is Nc1ccc(N2CCN(C(=O)c3cccc(Cc4n[nH]c(=O)c5ccccc45)c3)CC2)nc1N. The number of anilines is 3. The molecular weight excluding hydrogens is 430 g/mol. The lowest BCUT2D eigenvalue weighted by Gasteiger charge is -2.35. The van der Waals surface area contributed by atoms with E-state index in [0.29, 0.717) is 55.1 Å². The van der Waals surface area contributed by atoms with E-state index in [-0.39, 0.29) is 11.5 Å². The van der Waals surface area contributed by atoms with Gasteiger partial charge in [0.25, 0.3) is 11.5 Å². The Bertz CT molecular complexity index is 1420. The zero-order valence-corrected chi connectivity index (χ0v) is 18.6. The van der Waals surface area contributed by atoms with Gasteiger partial charge in [-0.15, -0.1) is 0 Å². The van der Waals surface area contributed by atoms with Gasteiger partial charge in [0, 0.05) is 43.5 Å². The molecule has 5 N–H and O–H groups in total. The minimum atomic E-state index is -0.209. The predicted octanol–water partition coefficient (Wildman–Crippen LogP) is 2.04. The summed E-state index contributed by atoms with van der Waals surface area (Å²) < 4.78 is 0. The molecule has 4 aromatic rings. The summed E-state index contributed by atoms with van der Waals surface area (Å²) in [7, 11) is 0. The van der Waals surface area contributed by atoms with E-state index in [1.807, 2.05) is 53.4 Å². The Morgan fingerprint density at radius 2 is 1.71 bits per heavy atom. The quantitative estimate of drug-likeness (QED) is 0.429. The number of amides is 1. The van der Waals surface area contributed by atoms with Gasteiger partial charge in [0.1, 0.15) is 11.6 Å². The molecule has 34 heavy (non-hydrogen) atoms. The van der Waals surface area contributed by atoms with Gasteiger partial charge in [0.2, 0.25) is 0 Å². The van der Waals surface area contributed by atoms with E-state index in [1.54, 1.807) is 12.1 Å². The number of nitrogens with two attached hydrogens (primary N) is 2. The van der Waals surface area contributed by atoms with E-state index in [9.17, 15) is 9.59 Å². The summed E-state index contributed by atoms with van der Waals surface area (Å²) in [5, 5.41) is 8.25. The Balaban J connectivity index is 1.29. The van der Waals surface area contributed by atoms with Gasteiger partial charge >= 0.3 is 0 Å². The second-order valence-corrected chi connectivity index (χ2v) is 8.35. The molecule has 1 aliphatic heterocycles. The number of hydrogen-bond acceptors (Lipinski definition) is 7. The van der Waals surface area contributed by atoms with Crippen molar-refractivity contribution in [2.24, 2.45) is 0 Å². The first-order valence-electron chi connectivity index (χ1n) is 11.1. The normalized spacial score (nSPS) is 13.9. The molecule has 5 rings (SSSR count). The lowest BCUT2D eigenvalue weighted by atomic mass is 10.0. The molecule has 0 unspecified atom stereocenters. The van der Waals surface area contributed by atoms with Crippen molar-refractivity contribution in [3.8, 4) is 0 Å². The second-order valence-electron chi connectivity index (χ2n) is 8.35. The number of fused-ring (bicyclic) bond motifs is 1. The fourth-order valence-electron chi connectivity index (χ4n) is 4.29. The van der Waals surface area contributed by atoms with E-state index < -0.39 is 0 Å². The number of aromatic amines is 1. The summed E-state index contributed by atoms with van der Waals surface area (Å²) in [6.45, 7) is 2.49. The fraction of sp³-hybridized carbons (Fsp3) is 0.200. The molecule has 0 atom stereocenters. The third kappa shape index (κ3) is 4.15. The molecule has 1 amide bonds. The minimum absolute atomic E-state index is 0.00874. The highest BCUT2D eigenvalue weighted by Gasteiger charge is 2.23. The highest BCUT2D eigenvalue weighted by Crippen LogP contribution is 2.21. The lowest BCUT2D eigenvalue weighted by Crippen LogP contribution is -2.49. The molecule has 9 nitrogen and oxygen atoms in total. The van der Waals surface area contributed by atoms with Crippen molar-refractivity contribution < 1.29 is 4.79 Å². The zero-order chi connectivity index (χ0) is 23.7. The summed E-state index contributed by atoms with van der Waals surface area (Å²) in [6, 6.07) is 18.6. The van der Waals surface area contributed by atoms with Gasteiger partial charge in [-0.3, -0.25) is 9.59 Å². The van der Waals surface area contributed by atoms with Crippen LogP contribution in [-0.4, -0.2) is 52.2 Å². The maximum atomic E-state index is 13.2. The smallest absolute Gasteiger partial charge is 0.272 e. The summed E-state index contributed by atoms with van der Waals surface area (Å²) >= 11 is 0. The molecule has 1 saturated heterocycles. The van der Waals surface area contributed by atoms with E-state index in [4.69, 9.17) is 11.5 Å². The van der Waals surface area contributed by atoms with Crippen molar-refractivity contribution >= 4 is 34.0 Å². The number of piperazine rings is 1. The molecule has 9 heteroatoms. The van der Waals surface area contributed by atoms with Crippen molar-refractivity contribution in [1.82, 2.24) is 20.1 Å². The molecule has 1 fully saturated rings. The number of nitrogens with one attached hydrogen (secondary N) is 1. The predicted molar refractivity (Wildman–Crippen MR) is 133 cm³/mol. The number of nitrogen functional groups attached to an aromatic ring is 2. The zero-order valence-electron chi connectivity index (χ0n) is 18.6. The molecule has 0 spiro atoms. The van der Waals surface area contributed by atoms with Crippen molar-refractivity contribution in [3.05, 3.63) is 87.8 Å². The van der Waals surface area contributed by atoms with Crippen LogP contribution in [-0.2, 0) is 6.42 Å². The first kappa shape index (κ1) is 21.4. The first-order valence-corrected chi connectivity index (χ1v) is 11.1. The van der Waals surface area contributed by atoms with Gasteiger partial charge in [-0.25, -0.2) is 10.1 Å². The van der Waals surface area contributed by atoms with Crippen LogP contribution in [0, 0.1) is 0 Å². The van der Waals surface area contributed by atoms with Crippen molar-refractivity contribution in [2.45, 2.75) is 6.42 Å². The van der Waals surface area contributed by atoms with E-state index in [0.717, 1.165) is 22.5 Å². The highest BCUT2D eigenvalue weighted by atomic mass is 16.2. The average Bonchev–Trinajstić information content (AvgIpc) is 2.87. The van der Waals surface area contributed by atoms with Gasteiger partial charge < -0.3 is 21.3 Å². The van der Waals surface area contributed by atoms with Crippen molar-refractivity contribution in [1.29, 1.82) is 0 Å². The van der Waals surface area contributed by atoms with Gasteiger partial charge in [0.05, 0.1) is 16.8 Å². The van der Waals surface area contributed by atoms with Crippen LogP contribution in [0.1, 0.15) is 21.6 Å². The third-order valence-electron chi connectivity index (χ3n) is 6.15. The monoisotopic (exact) mass is 455 g/mol. The number of nitrogens with zero attached hydrogens (tertiary/aromatic N) is 4. The van der Waals surface area contributed by atoms with Gasteiger partial charge in [0.15, 0.2) is 0 Å². The van der Waals surface area contributed by atoms with Crippen LogP contribution >= 0.6 is 0 Å². The van der Waals surface area contributed by atoms with Crippen LogP contribution in [0.25, 0.3) is 10.8 Å². The molecule has 0 bridgehead atoms. The van der Waals surface area contributed by atoms with Crippen molar-refractivity contribution in [3.63, 3.8) is 0 Å². The Morgan fingerprint density at radius 3 is 2.47 bits per heavy atom. The number of aromatic nitrogens is 3. The fourth-order valence-corrected chi connectivity index (χ4v) is 4.29. The van der Waals surface area contributed by atoms with E-state index in [2.05, 4.69) is 20.1 Å². The van der Waals surface area contributed by atoms with E-state index >= 15 is 0 Å². The lowest BCUT2D eigenvalue weighted by molar-refractivity contribution is 0.0746. The molecule has 0 radical (unpaired) electrons. The molecule has 3 heterocycles. The van der Waals surface area contributed by atoms with Crippen LogP contribution < -0.4 is 21.9 Å². The first-order chi connectivity index (χ1) is 16.5. The summed E-state index contributed by atoms with van der Waals surface area (Å²) in [5.74, 6) is 1.07. The van der Waals surface area contributed by atoms with E-state index in [1.165, 1.54) is 0 Å². The number of carbonyl (C=O) groups is 1. The van der Waals surface area contributed by atoms with Crippen LogP contribution in [0.4, 0.5) is 17.3 Å². The highest BCUT2D eigenvalue weighted by molar-refractivity contribution is 5.94. The van der Waals surface area contributed by atoms with Crippen LogP contribution in [0.3, 0.4) is 0 Å². The standard InChI is InChI=1S/C25H25N7O2/c26-20-8-9-22(28-23(20)27)31-10-12-32(13-11-31)25(34)17-5-3-4-16(14-17)15-21-18-6-1-2-7-19(18)24(33)30-29-21/h1-9,14H,10-13,15,26H2,(H2,27,28)(H,30,33). The Kier molecular flexibility index (Phi) is 5.59. The number of hydrogen-bond donors (Lipinski definition) is 3. The summed E-state index contributed by atoms with van der Waals surface area (Å²) in [4.78, 5) is 33.6. The van der Waals surface area contributed by atoms with Crippen LogP contribution in [0.15, 0.2) is 65.5 Å². The van der Waals surface area contributed by atoms with Gasteiger partial charge in [-0.2, -0.15) is 5.10 Å². The maximum Gasteiger partial charge on any atom is 0.272 e. The molecular formula is C25H25N7O2. The summed E-state index contributed by atoms with van der Waals surface area (Å²) in [6.07, 6.45) is 0.510. The van der Waals surface area contributed by atoms with Crippen LogP contribution in [0.5, 0.6) is 0 Å². The molecule has 172 valence electrons. The topological polar surface area (TPSA) is 134 Å². The Labute approximate surface area is 196 Å². The maximum absolute atomic E-state index is 13.2. The summed E-state index contributed by atoms with van der Waals surface area (Å²) in [5.41, 5.74) is 14.2. The van der Waals surface area contributed by atoms with Crippen molar-refractivity contribution in [2.75, 3.05) is 42.5 Å². The number of carbonyl (C=O) groups excluding carboxylic acids is 1. The number of benzene rings is 2. The minimum Gasteiger partial charge on any atom is -0.396 e. The molecule has 2 aromatic heterocycles. The third-order valence-corrected chi connectivity index (χ3v) is 6.15. The largest absolute Gasteiger partial charge is 0.396 e. The molecule has 2 aromatic carbocycles. The van der Waals surface area contributed by atoms with Gasteiger partial charge in [-0.1, -0.05) is 30.3 Å². The second kappa shape index (κ2) is 8.86. The molecule has 0 aliphatic carbocycles. The van der Waals surface area contributed by atoms with Gasteiger partial charge in [-0.05, 0) is 35.9 Å². The van der Waals surface area contributed by atoms with Crippen LogP contribution in [0.2, 0.25) is 0 Å². The Hall–Kier alpha value is -4.40.